The van der Waals surface area contributed by atoms with Crippen molar-refractivity contribution in [1.29, 1.82) is 0 Å². The third kappa shape index (κ3) is 9.12. The number of nitrogens with zero attached hydrogens (tertiary/aromatic N) is 1. The van der Waals surface area contributed by atoms with Crippen molar-refractivity contribution in [2.24, 2.45) is 0 Å². The van der Waals surface area contributed by atoms with Gasteiger partial charge in [-0.3, -0.25) is 4.90 Å². The summed E-state index contributed by atoms with van der Waals surface area (Å²) in [5, 5.41) is 14.3. The number of methoxy groups -OCH3 is 1. The van der Waals surface area contributed by atoms with Crippen LogP contribution in [-0.4, -0.2) is 72.6 Å². The summed E-state index contributed by atoms with van der Waals surface area (Å²) < 4.78 is 17.1. The third-order valence-electron chi connectivity index (χ3n) is 5.96. The molecule has 2 rings (SSSR count). The molecular formula is C29H44N2O5. The monoisotopic (exact) mass is 500 g/mol. The highest BCUT2D eigenvalue weighted by molar-refractivity contribution is 5.87. The van der Waals surface area contributed by atoms with Gasteiger partial charge in [-0.1, -0.05) is 25.1 Å². The van der Waals surface area contributed by atoms with Crippen molar-refractivity contribution in [2.45, 2.75) is 76.8 Å². The number of rotatable bonds is 13. The van der Waals surface area contributed by atoms with E-state index in [4.69, 9.17) is 14.2 Å². The van der Waals surface area contributed by atoms with E-state index in [0.29, 0.717) is 44.0 Å². The van der Waals surface area contributed by atoms with E-state index in [1.54, 1.807) is 13.2 Å². The molecular weight excluding hydrogens is 456 g/mol. The lowest BCUT2D eigenvalue weighted by atomic mass is 9.83. The minimum atomic E-state index is -0.577. The topological polar surface area (TPSA) is 80.3 Å². The Morgan fingerprint density at radius 1 is 1.19 bits per heavy atom. The number of hydrogen-bond acceptors (Lipinski definition) is 7. The summed E-state index contributed by atoms with van der Waals surface area (Å²) in [5.41, 5.74) is 0.583. The van der Waals surface area contributed by atoms with Gasteiger partial charge in [-0.25, -0.2) is 4.79 Å². The summed E-state index contributed by atoms with van der Waals surface area (Å²) in [4.78, 5) is 15.1. The average molecular weight is 501 g/mol. The van der Waals surface area contributed by atoms with Gasteiger partial charge in [-0.15, -0.1) is 13.2 Å². The molecule has 1 aromatic rings. The van der Waals surface area contributed by atoms with Crippen LogP contribution < -0.4 is 14.8 Å². The molecule has 0 radical (unpaired) electrons. The van der Waals surface area contributed by atoms with Crippen molar-refractivity contribution in [2.75, 3.05) is 26.8 Å². The maximum atomic E-state index is 12.9. The summed E-state index contributed by atoms with van der Waals surface area (Å²) in [6, 6.07) is 5.30. The number of carbonyl (C=O) groups excluding carboxylic acids is 1. The first kappa shape index (κ1) is 29.6. The van der Waals surface area contributed by atoms with Crippen LogP contribution in [0.25, 0.3) is 6.08 Å². The SMILES string of the molecule is C=CCN(CC=C)[C@@H]1C[C@H](O)C[C@@H](OC(=O)/C=C/c2ccc(OCCC)c(OC)c2)[C@H]1NC(C)(C)C. The van der Waals surface area contributed by atoms with Gasteiger partial charge in [0.15, 0.2) is 11.5 Å². The lowest BCUT2D eigenvalue weighted by Crippen LogP contribution is -2.64. The fraction of sp³-hybridized carbons (Fsp3) is 0.552. The second-order valence-electron chi connectivity index (χ2n) is 10.2. The molecule has 0 bridgehead atoms. The van der Waals surface area contributed by atoms with Gasteiger partial charge in [0.2, 0.25) is 0 Å². The zero-order valence-corrected chi connectivity index (χ0v) is 22.5. The minimum absolute atomic E-state index is 0.0503. The van der Waals surface area contributed by atoms with Gasteiger partial charge < -0.3 is 24.6 Å². The molecule has 1 aliphatic rings. The Bertz CT molecular complexity index is 882. The molecule has 0 heterocycles. The van der Waals surface area contributed by atoms with Gasteiger partial charge in [-0.2, -0.15) is 0 Å². The molecule has 0 aromatic heterocycles. The molecule has 200 valence electrons. The summed E-state index contributed by atoms with van der Waals surface area (Å²) in [5.74, 6) is 0.815. The molecule has 36 heavy (non-hydrogen) atoms. The normalized spacial score (nSPS) is 22.4. The van der Waals surface area contributed by atoms with Crippen LogP contribution in [0.4, 0.5) is 0 Å². The molecule has 0 saturated heterocycles. The zero-order chi connectivity index (χ0) is 26.7. The van der Waals surface area contributed by atoms with E-state index in [0.717, 1.165) is 12.0 Å². The Morgan fingerprint density at radius 3 is 2.47 bits per heavy atom. The van der Waals surface area contributed by atoms with Gasteiger partial charge in [0, 0.05) is 37.2 Å². The Balaban J connectivity index is 2.21. The number of hydrogen-bond donors (Lipinski definition) is 2. The average Bonchev–Trinajstić information content (AvgIpc) is 2.82. The highest BCUT2D eigenvalue weighted by atomic mass is 16.5. The molecule has 7 heteroatoms. The Morgan fingerprint density at radius 2 is 1.89 bits per heavy atom. The fourth-order valence-corrected chi connectivity index (χ4v) is 4.52. The molecule has 1 fully saturated rings. The lowest BCUT2D eigenvalue weighted by molar-refractivity contribution is -0.151. The number of nitrogens with one attached hydrogen (secondary N) is 1. The van der Waals surface area contributed by atoms with Crippen molar-refractivity contribution in [3.8, 4) is 11.5 Å². The van der Waals surface area contributed by atoms with E-state index in [2.05, 4.69) is 44.1 Å². The fourth-order valence-electron chi connectivity index (χ4n) is 4.52. The van der Waals surface area contributed by atoms with Crippen LogP contribution >= 0.6 is 0 Å². The van der Waals surface area contributed by atoms with Crippen molar-refractivity contribution in [3.63, 3.8) is 0 Å². The van der Waals surface area contributed by atoms with Crippen molar-refractivity contribution >= 4 is 12.0 Å². The zero-order valence-electron chi connectivity index (χ0n) is 22.5. The lowest BCUT2D eigenvalue weighted by Gasteiger charge is -2.47. The molecule has 1 saturated carbocycles. The molecule has 4 atom stereocenters. The Labute approximate surface area is 216 Å². The molecule has 7 nitrogen and oxygen atoms in total. The molecule has 0 aliphatic heterocycles. The maximum Gasteiger partial charge on any atom is 0.331 e. The van der Waals surface area contributed by atoms with Gasteiger partial charge in [-0.05, 0) is 57.4 Å². The molecule has 0 spiro atoms. The molecule has 2 N–H and O–H groups in total. The van der Waals surface area contributed by atoms with Crippen LogP contribution in [0.2, 0.25) is 0 Å². The first-order valence-corrected chi connectivity index (χ1v) is 12.7. The maximum absolute atomic E-state index is 12.9. The van der Waals surface area contributed by atoms with Crippen LogP contribution in [-0.2, 0) is 9.53 Å². The smallest absolute Gasteiger partial charge is 0.331 e. The van der Waals surface area contributed by atoms with Crippen molar-refractivity contribution < 1.29 is 24.1 Å². The second-order valence-corrected chi connectivity index (χ2v) is 10.2. The van der Waals surface area contributed by atoms with Gasteiger partial charge in [0.25, 0.3) is 0 Å². The molecule has 1 aromatic carbocycles. The first-order valence-electron chi connectivity index (χ1n) is 12.7. The molecule has 0 unspecified atom stereocenters. The van der Waals surface area contributed by atoms with Crippen LogP contribution in [0.15, 0.2) is 49.6 Å². The largest absolute Gasteiger partial charge is 0.493 e. The number of carbonyl (C=O) groups is 1. The van der Waals surface area contributed by atoms with Crippen molar-refractivity contribution in [1.82, 2.24) is 10.2 Å². The minimum Gasteiger partial charge on any atom is -0.493 e. The van der Waals surface area contributed by atoms with E-state index < -0.39 is 18.2 Å². The summed E-state index contributed by atoms with van der Waals surface area (Å²) in [6.07, 6.45) is 7.57. The molecule has 1 aliphatic carbocycles. The van der Waals surface area contributed by atoms with Gasteiger partial charge in [0.05, 0.1) is 25.9 Å². The van der Waals surface area contributed by atoms with Gasteiger partial charge in [0.1, 0.15) is 6.10 Å². The first-order chi connectivity index (χ1) is 17.1. The van der Waals surface area contributed by atoms with E-state index >= 15 is 0 Å². The number of ether oxygens (including phenoxy) is 3. The highest BCUT2D eigenvalue weighted by Crippen LogP contribution is 2.30. The second kappa shape index (κ2) is 14.2. The van der Waals surface area contributed by atoms with Crippen molar-refractivity contribution in [3.05, 3.63) is 55.1 Å². The number of benzene rings is 1. The molecule has 0 amide bonds. The van der Waals surface area contributed by atoms with E-state index in [1.165, 1.54) is 6.08 Å². The van der Waals surface area contributed by atoms with Crippen LogP contribution in [0, 0.1) is 0 Å². The number of aliphatic hydroxyl groups is 1. The highest BCUT2D eigenvalue weighted by Gasteiger charge is 2.43. The summed E-state index contributed by atoms with van der Waals surface area (Å²) in [7, 11) is 1.59. The predicted octanol–water partition coefficient (Wildman–Crippen LogP) is 4.36. The number of aliphatic hydroxyl groups excluding tert-OH is 1. The summed E-state index contributed by atoms with van der Waals surface area (Å²) in [6.45, 7) is 17.9. The van der Waals surface area contributed by atoms with Crippen LogP contribution in [0.3, 0.4) is 0 Å². The van der Waals surface area contributed by atoms with Gasteiger partial charge >= 0.3 is 5.97 Å². The quantitative estimate of drug-likeness (QED) is 0.237. The van der Waals surface area contributed by atoms with E-state index in [1.807, 2.05) is 37.3 Å². The standard InChI is InChI=1S/C29H44N2O5/c1-8-15-31(16-9-2)23-19-22(32)20-26(28(23)30-29(4,5)6)36-27(33)14-12-21-11-13-24(35-17-10-3)25(18-21)34-7/h8-9,11-14,18,22-23,26,28,30,32H,1-2,10,15-17,19-20H2,3-7H3/b14-12+/t22-,23+,26+,28-/m0/s1. The van der Waals surface area contributed by atoms with E-state index in [9.17, 15) is 9.90 Å². The predicted molar refractivity (Wildman–Crippen MR) is 145 cm³/mol. The summed E-state index contributed by atoms with van der Waals surface area (Å²) >= 11 is 0. The Kier molecular flexibility index (Phi) is 11.7. The van der Waals surface area contributed by atoms with E-state index in [-0.39, 0.29) is 17.6 Å². The number of esters is 1. The van der Waals surface area contributed by atoms with Crippen LogP contribution in [0.5, 0.6) is 11.5 Å². The van der Waals surface area contributed by atoms with Crippen LogP contribution in [0.1, 0.15) is 52.5 Å². The Hall–Kier alpha value is -2.61. The third-order valence-corrected chi connectivity index (χ3v) is 5.96.